The van der Waals surface area contributed by atoms with Crippen molar-refractivity contribution >= 4 is 0 Å². The van der Waals surface area contributed by atoms with Gasteiger partial charge in [0.2, 0.25) is 0 Å². The molecule has 0 aliphatic carbocycles. The van der Waals surface area contributed by atoms with Crippen molar-refractivity contribution in [1.29, 1.82) is 0 Å². The summed E-state index contributed by atoms with van der Waals surface area (Å²) in [5.41, 5.74) is 8.09. The van der Waals surface area contributed by atoms with Gasteiger partial charge in [-0.1, -0.05) is 20.8 Å². The Hall–Kier alpha value is -0.890. The molecule has 1 aromatic rings. The molecular formula is C13H22N2. The lowest BCUT2D eigenvalue weighted by Crippen LogP contribution is -2.09. The molecule has 1 atom stereocenters. The molecule has 0 aliphatic heterocycles. The summed E-state index contributed by atoms with van der Waals surface area (Å²) in [6, 6.07) is 4.27. The van der Waals surface area contributed by atoms with Crippen molar-refractivity contribution in [2.24, 2.45) is 11.7 Å². The molecule has 84 valence electrons. The summed E-state index contributed by atoms with van der Waals surface area (Å²) in [5.74, 6) is 1.22. The van der Waals surface area contributed by atoms with Crippen molar-refractivity contribution in [3.05, 3.63) is 29.6 Å². The zero-order valence-electron chi connectivity index (χ0n) is 10.0. The molecule has 0 spiro atoms. The normalized spacial score (nSPS) is 13.1. The first-order valence-corrected chi connectivity index (χ1v) is 5.84. The van der Waals surface area contributed by atoms with E-state index >= 15 is 0 Å². The van der Waals surface area contributed by atoms with Crippen molar-refractivity contribution in [2.45, 2.75) is 39.5 Å². The Kier molecular flexibility index (Phi) is 4.76. The van der Waals surface area contributed by atoms with E-state index in [0.29, 0.717) is 18.4 Å². The fraction of sp³-hybridized carbons (Fsp3) is 0.615. The van der Waals surface area contributed by atoms with Gasteiger partial charge in [0.05, 0.1) is 0 Å². The van der Waals surface area contributed by atoms with E-state index in [1.165, 1.54) is 11.3 Å². The number of rotatable bonds is 5. The van der Waals surface area contributed by atoms with E-state index in [2.05, 4.69) is 37.9 Å². The quantitative estimate of drug-likeness (QED) is 0.804. The first-order chi connectivity index (χ1) is 7.19. The van der Waals surface area contributed by atoms with E-state index in [9.17, 15) is 0 Å². The Morgan fingerprint density at radius 1 is 1.40 bits per heavy atom. The molecule has 0 saturated heterocycles. The molecule has 15 heavy (non-hydrogen) atoms. The highest BCUT2D eigenvalue weighted by molar-refractivity contribution is 5.20. The molecule has 2 nitrogen and oxygen atoms in total. The van der Waals surface area contributed by atoms with Gasteiger partial charge in [-0.25, -0.2) is 0 Å². The topological polar surface area (TPSA) is 38.9 Å². The second-order valence-electron chi connectivity index (χ2n) is 4.39. The summed E-state index contributed by atoms with van der Waals surface area (Å²) < 4.78 is 0. The van der Waals surface area contributed by atoms with Gasteiger partial charge in [0.25, 0.3) is 0 Å². The third-order valence-electron chi connectivity index (χ3n) is 2.90. The summed E-state index contributed by atoms with van der Waals surface area (Å²) in [5, 5.41) is 0. The standard InChI is InChI=1S/C13H22N2/c1-4-12(10(2)3)13-9-11(5-7-14)6-8-15-13/h6,8-10,12H,4-5,7,14H2,1-3H3. The van der Waals surface area contributed by atoms with Crippen molar-refractivity contribution in [1.82, 2.24) is 4.98 Å². The van der Waals surface area contributed by atoms with Gasteiger partial charge in [-0.05, 0) is 43.0 Å². The Labute approximate surface area is 92.9 Å². The van der Waals surface area contributed by atoms with E-state index < -0.39 is 0 Å². The summed E-state index contributed by atoms with van der Waals surface area (Å²) in [7, 11) is 0. The first-order valence-electron chi connectivity index (χ1n) is 5.84. The number of nitrogens with zero attached hydrogens (tertiary/aromatic N) is 1. The van der Waals surface area contributed by atoms with Crippen molar-refractivity contribution in [3.8, 4) is 0 Å². The summed E-state index contributed by atoms with van der Waals surface area (Å²) in [6.07, 6.45) is 4.01. The zero-order chi connectivity index (χ0) is 11.3. The van der Waals surface area contributed by atoms with Crippen LogP contribution >= 0.6 is 0 Å². The second kappa shape index (κ2) is 5.86. The smallest absolute Gasteiger partial charge is 0.0439 e. The highest BCUT2D eigenvalue weighted by Crippen LogP contribution is 2.26. The third kappa shape index (κ3) is 3.31. The number of hydrogen-bond donors (Lipinski definition) is 1. The molecule has 0 bridgehead atoms. The lowest BCUT2D eigenvalue weighted by molar-refractivity contribution is 0.474. The van der Waals surface area contributed by atoms with Crippen LogP contribution in [0.25, 0.3) is 0 Å². The highest BCUT2D eigenvalue weighted by Gasteiger charge is 2.14. The van der Waals surface area contributed by atoms with Gasteiger partial charge in [0.1, 0.15) is 0 Å². The molecule has 2 N–H and O–H groups in total. The van der Waals surface area contributed by atoms with Crippen molar-refractivity contribution < 1.29 is 0 Å². The van der Waals surface area contributed by atoms with Crippen molar-refractivity contribution in [2.75, 3.05) is 6.54 Å². The first kappa shape index (κ1) is 12.2. The van der Waals surface area contributed by atoms with Gasteiger partial charge in [0, 0.05) is 17.8 Å². The van der Waals surface area contributed by atoms with Crippen LogP contribution in [0.2, 0.25) is 0 Å². The lowest BCUT2D eigenvalue weighted by atomic mass is 9.89. The predicted octanol–water partition coefficient (Wildman–Crippen LogP) is 2.73. The molecule has 0 saturated carbocycles. The maximum atomic E-state index is 5.56. The van der Waals surface area contributed by atoms with Crippen LogP contribution in [0.1, 0.15) is 44.4 Å². The minimum atomic E-state index is 0.572. The molecule has 0 fully saturated rings. The minimum Gasteiger partial charge on any atom is -0.330 e. The molecule has 0 amide bonds. The maximum absolute atomic E-state index is 5.56. The van der Waals surface area contributed by atoms with Crippen LogP contribution in [0.4, 0.5) is 0 Å². The van der Waals surface area contributed by atoms with Crippen LogP contribution < -0.4 is 5.73 Å². The SMILES string of the molecule is CCC(c1cc(CCN)ccn1)C(C)C. The van der Waals surface area contributed by atoms with Crippen LogP contribution in [-0.4, -0.2) is 11.5 Å². The Morgan fingerprint density at radius 2 is 2.13 bits per heavy atom. The lowest BCUT2D eigenvalue weighted by Gasteiger charge is -2.18. The monoisotopic (exact) mass is 206 g/mol. The van der Waals surface area contributed by atoms with Crippen LogP contribution in [0.5, 0.6) is 0 Å². The average molecular weight is 206 g/mol. The highest BCUT2D eigenvalue weighted by atomic mass is 14.7. The molecule has 1 rings (SSSR count). The Bertz CT molecular complexity index is 294. The fourth-order valence-electron chi connectivity index (χ4n) is 2.04. The predicted molar refractivity (Wildman–Crippen MR) is 64.9 cm³/mol. The van der Waals surface area contributed by atoms with Gasteiger partial charge < -0.3 is 5.73 Å². The van der Waals surface area contributed by atoms with E-state index in [1.54, 1.807) is 0 Å². The van der Waals surface area contributed by atoms with Crippen LogP contribution in [0, 0.1) is 5.92 Å². The van der Waals surface area contributed by atoms with Gasteiger partial charge in [-0.15, -0.1) is 0 Å². The molecule has 1 heterocycles. The zero-order valence-corrected chi connectivity index (χ0v) is 10.0. The number of hydrogen-bond acceptors (Lipinski definition) is 2. The van der Waals surface area contributed by atoms with Gasteiger partial charge >= 0.3 is 0 Å². The molecule has 0 aromatic carbocycles. The summed E-state index contributed by atoms with van der Waals surface area (Å²) in [6.45, 7) is 7.45. The van der Waals surface area contributed by atoms with Gasteiger partial charge in [-0.3, -0.25) is 4.98 Å². The average Bonchev–Trinajstić information content (AvgIpc) is 2.19. The Balaban J connectivity index is 2.87. The third-order valence-corrected chi connectivity index (χ3v) is 2.90. The summed E-state index contributed by atoms with van der Waals surface area (Å²) in [4.78, 5) is 4.47. The molecule has 1 aromatic heterocycles. The van der Waals surface area contributed by atoms with E-state index in [1.807, 2.05) is 6.20 Å². The van der Waals surface area contributed by atoms with E-state index in [0.717, 1.165) is 12.8 Å². The van der Waals surface area contributed by atoms with E-state index in [-0.39, 0.29) is 0 Å². The van der Waals surface area contributed by atoms with Crippen LogP contribution in [0.15, 0.2) is 18.3 Å². The van der Waals surface area contributed by atoms with Gasteiger partial charge in [-0.2, -0.15) is 0 Å². The van der Waals surface area contributed by atoms with Gasteiger partial charge in [0.15, 0.2) is 0 Å². The molecular weight excluding hydrogens is 184 g/mol. The molecule has 0 radical (unpaired) electrons. The molecule has 2 heteroatoms. The molecule has 1 unspecified atom stereocenters. The summed E-state index contributed by atoms with van der Waals surface area (Å²) >= 11 is 0. The van der Waals surface area contributed by atoms with E-state index in [4.69, 9.17) is 5.73 Å². The largest absolute Gasteiger partial charge is 0.330 e. The van der Waals surface area contributed by atoms with Crippen LogP contribution in [-0.2, 0) is 6.42 Å². The fourth-order valence-corrected chi connectivity index (χ4v) is 2.04. The second-order valence-corrected chi connectivity index (χ2v) is 4.39. The van der Waals surface area contributed by atoms with Crippen LogP contribution in [0.3, 0.4) is 0 Å². The maximum Gasteiger partial charge on any atom is 0.0439 e. The van der Waals surface area contributed by atoms with Crippen molar-refractivity contribution in [3.63, 3.8) is 0 Å². The minimum absolute atomic E-state index is 0.572. The number of pyridine rings is 1. The number of nitrogens with two attached hydrogens (primary N) is 1. The molecule has 0 aliphatic rings. The number of aromatic nitrogens is 1. The Morgan fingerprint density at radius 3 is 2.67 bits per heavy atom.